The van der Waals surface area contributed by atoms with Gasteiger partial charge in [0.25, 0.3) is 5.69 Å². The molecule has 13 heavy (non-hydrogen) atoms. The van der Waals surface area contributed by atoms with Gasteiger partial charge < -0.3 is 5.21 Å². The molecule has 2 aromatic rings. The number of benzene rings is 1. The smallest absolute Gasteiger partial charge is 0.278 e. The van der Waals surface area contributed by atoms with Crippen molar-refractivity contribution in [2.45, 2.75) is 0 Å². The summed E-state index contributed by atoms with van der Waals surface area (Å²) in [6, 6.07) is 6.06. The number of fused-ring (bicyclic) bond motifs is 1. The number of nitrogens with zero attached hydrogens (tertiary/aromatic N) is 2. The third-order valence-electron chi connectivity index (χ3n) is 1.89. The van der Waals surface area contributed by atoms with Crippen molar-refractivity contribution in [3.8, 4) is 0 Å². The molecule has 5 nitrogen and oxygen atoms in total. The lowest BCUT2D eigenvalue weighted by atomic mass is 10.2. The van der Waals surface area contributed by atoms with Gasteiger partial charge in [0, 0.05) is 12.3 Å². The van der Waals surface area contributed by atoms with Crippen LogP contribution in [0.15, 0.2) is 30.5 Å². The number of non-ortho nitro benzene ring substituents is 1. The lowest BCUT2D eigenvalue weighted by molar-refractivity contribution is -0.383. The van der Waals surface area contributed by atoms with Gasteiger partial charge in [0.05, 0.1) is 15.8 Å². The monoisotopic (exact) mass is 178 g/mol. The van der Waals surface area contributed by atoms with E-state index in [1.54, 1.807) is 6.07 Å². The average molecular weight is 178 g/mol. The maximum Gasteiger partial charge on any atom is 0.278 e. The maximum absolute atomic E-state index is 10.5. The Morgan fingerprint density at radius 3 is 2.85 bits per heavy atom. The first-order valence-electron chi connectivity index (χ1n) is 3.64. The van der Waals surface area contributed by atoms with Gasteiger partial charge in [-0.1, -0.05) is 6.07 Å². The lowest BCUT2D eigenvalue weighted by Crippen LogP contribution is -1.90. The zero-order chi connectivity index (χ0) is 9.42. The number of nitro groups is 1. The molecule has 0 bridgehead atoms. The molecule has 1 heterocycles. The van der Waals surface area contributed by atoms with Gasteiger partial charge in [0.15, 0.2) is 0 Å². The van der Waals surface area contributed by atoms with Crippen molar-refractivity contribution in [1.82, 2.24) is 4.73 Å². The average Bonchev–Trinajstić information content (AvgIpc) is 2.48. The standard InChI is InChI=1S/C8H6N2O3/c11-9-5-4-6-7(9)2-1-3-8(6)10(12)13/h1-5,11H. The van der Waals surface area contributed by atoms with Crippen molar-refractivity contribution in [2.75, 3.05) is 0 Å². The molecule has 0 atom stereocenters. The fraction of sp³-hybridized carbons (Fsp3) is 0. The van der Waals surface area contributed by atoms with Crippen LogP contribution in [0.25, 0.3) is 10.9 Å². The summed E-state index contributed by atoms with van der Waals surface area (Å²) >= 11 is 0. The summed E-state index contributed by atoms with van der Waals surface area (Å²) in [6.45, 7) is 0. The summed E-state index contributed by atoms with van der Waals surface area (Å²) in [5.41, 5.74) is 0.444. The van der Waals surface area contributed by atoms with Gasteiger partial charge in [-0.05, 0) is 12.1 Å². The van der Waals surface area contributed by atoms with Gasteiger partial charge in [-0.3, -0.25) is 10.1 Å². The van der Waals surface area contributed by atoms with Crippen LogP contribution in [-0.4, -0.2) is 14.9 Å². The molecule has 5 heteroatoms. The molecule has 0 unspecified atom stereocenters. The second-order valence-electron chi connectivity index (χ2n) is 2.63. The molecule has 1 aromatic carbocycles. The van der Waals surface area contributed by atoms with E-state index in [1.807, 2.05) is 0 Å². The van der Waals surface area contributed by atoms with Crippen LogP contribution in [-0.2, 0) is 0 Å². The van der Waals surface area contributed by atoms with Gasteiger partial charge in [-0.2, -0.15) is 4.73 Å². The number of aromatic nitrogens is 1. The third-order valence-corrected chi connectivity index (χ3v) is 1.89. The molecule has 0 aliphatic heterocycles. The van der Waals surface area contributed by atoms with Crippen LogP contribution in [0.1, 0.15) is 0 Å². The lowest BCUT2D eigenvalue weighted by Gasteiger charge is -1.94. The van der Waals surface area contributed by atoms with E-state index >= 15 is 0 Å². The van der Waals surface area contributed by atoms with E-state index in [2.05, 4.69) is 0 Å². The zero-order valence-corrected chi connectivity index (χ0v) is 6.54. The Morgan fingerprint density at radius 2 is 2.15 bits per heavy atom. The highest BCUT2D eigenvalue weighted by Crippen LogP contribution is 2.25. The topological polar surface area (TPSA) is 68.3 Å². The Hall–Kier alpha value is -2.04. The SMILES string of the molecule is O=[N+]([O-])c1cccc2c1ccn2O. The van der Waals surface area contributed by atoms with E-state index in [9.17, 15) is 15.3 Å². The van der Waals surface area contributed by atoms with Crippen molar-refractivity contribution in [3.63, 3.8) is 0 Å². The Kier molecular flexibility index (Phi) is 1.45. The number of hydrogen-bond acceptors (Lipinski definition) is 3. The van der Waals surface area contributed by atoms with Crippen LogP contribution in [0.5, 0.6) is 0 Å². The van der Waals surface area contributed by atoms with E-state index in [0.29, 0.717) is 10.9 Å². The summed E-state index contributed by atoms with van der Waals surface area (Å²) in [6.07, 6.45) is 1.37. The maximum atomic E-state index is 10.5. The molecule has 2 rings (SSSR count). The minimum Gasteiger partial charge on any atom is -0.428 e. The van der Waals surface area contributed by atoms with Crippen LogP contribution in [0.2, 0.25) is 0 Å². The Labute approximate surface area is 72.9 Å². The van der Waals surface area contributed by atoms with Gasteiger partial charge in [0.2, 0.25) is 0 Å². The highest BCUT2D eigenvalue weighted by Gasteiger charge is 2.12. The highest BCUT2D eigenvalue weighted by atomic mass is 16.6. The molecule has 0 spiro atoms. The van der Waals surface area contributed by atoms with Gasteiger partial charge in [0.1, 0.15) is 0 Å². The summed E-state index contributed by atoms with van der Waals surface area (Å²) in [4.78, 5) is 10.1. The molecule has 0 saturated carbocycles. The van der Waals surface area contributed by atoms with Crippen LogP contribution in [0.3, 0.4) is 0 Å². The van der Waals surface area contributed by atoms with Gasteiger partial charge in [-0.15, -0.1) is 0 Å². The zero-order valence-electron chi connectivity index (χ0n) is 6.54. The van der Waals surface area contributed by atoms with Crippen LogP contribution in [0.4, 0.5) is 5.69 Å². The molecule has 0 fully saturated rings. The summed E-state index contributed by atoms with van der Waals surface area (Å²) in [7, 11) is 0. The summed E-state index contributed by atoms with van der Waals surface area (Å²) in [5, 5.41) is 20.2. The second kappa shape index (κ2) is 2.48. The van der Waals surface area contributed by atoms with E-state index in [4.69, 9.17) is 0 Å². The Bertz CT molecular complexity index is 475. The molecule has 0 saturated heterocycles. The third kappa shape index (κ3) is 1.01. The normalized spacial score (nSPS) is 10.5. The van der Waals surface area contributed by atoms with E-state index in [0.717, 1.165) is 4.73 Å². The van der Waals surface area contributed by atoms with E-state index < -0.39 is 4.92 Å². The van der Waals surface area contributed by atoms with Crippen molar-refractivity contribution >= 4 is 16.6 Å². The second-order valence-corrected chi connectivity index (χ2v) is 2.63. The minimum atomic E-state index is -0.470. The van der Waals surface area contributed by atoms with Crippen LogP contribution < -0.4 is 0 Å². The Morgan fingerprint density at radius 1 is 1.38 bits per heavy atom. The predicted molar refractivity (Wildman–Crippen MR) is 45.8 cm³/mol. The number of hydrogen-bond donors (Lipinski definition) is 1. The fourth-order valence-corrected chi connectivity index (χ4v) is 1.30. The van der Waals surface area contributed by atoms with Crippen molar-refractivity contribution < 1.29 is 10.1 Å². The van der Waals surface area contributed by atoms with Gasteiger partial charge in [-0.25, -0.2) is 0 Å². The molecule has 0 amide bonds. The molecule has 1 N–H and O–H groups in total. The Balaban J connectivity index is 2.84. The van der Waals surface area contributed by atoms with Crippen LogP contribution >= 0.6 is 0 Å². The number of rotatable bonds is 1. The molecule has 1 aromatic heterocycles. The minimum absolute atomic E-state index is 0.00491. The number of nitro benzene ring substituents is 1. The molecular weight excluding hydrogens is 172 g/mol. The molecule has 0 aliphatic carbocycles. The highest BCUT2D eigenvalue weighted by molar-refractivity contribution is 5.88. The molecule has 66 valence electrons. The largest absolute Gasteiger partial charge is 0.428 e. The first-order valence-corrected chi connectivity index (χ1v) is 3.64. The van der Waals surface area contributed by atoms with Crippen molar-refractivity contribution in [1.29, 1.82) is 0 Å². The van der Waals surface area contributed by atoms with E-state index in [-0.39, 0.29) is 5.69 Å². The van der Waals surface area contributed by atoms with Gasteiger partial charge >= 0.3 is 0 Å². The summed E-state index contributed by atoms with van der Waals surface area (Å²) < 4.78 is 0.863. The van der Waals surface area contributed by atoms with Crippen molar-refractivity contribution in [3.05, 3.63) is 40.6 Å². The van der Waals surface area contributed by atoms with E-state index in [1.165, 1.54) is 24.4 Å². The van der Waals surface area contributed by atoms with Crippen molar-refractivity contribution in [2.24, 2.45) is 0 Å². The quantitative estimate of drug-likeness (QED) is 0.411. The first kappa shape index (κ1) is 7.60. The molecule has 0 radical (unpaired) electrons. The molecular formula is C8H6N2O3. The van der Waals surface area contributed by atoms with Crippen LogP contribution in [0, 0.1) is 10.1 Å². The molecule has 0 aliphatic rings. The summed E-state index contributed by atoms with van der Waals surface area (Å²) in [5.74, 6) is 0. The first-order chi connectivity index (χ1) is 6.20. The predicted octanol–water partition coefficient (Wildman–Crippen LogP) is 1.79. The fourth-order valence-electron chi connectivity index (χ4n) is 1.30.